The van der Waals surface area contributed by atoms with E-state index in [2.05, 4.69) is 5.32 Å². The molecule has 1 aliphatic heterocycles. The maximum Gasteiger partial charge on any atom is 0.327 e. The molecule has 2 fully saturated rings. The van der Waals surface area contributed by atoms with Gasteiger partial charge in [-0.3, -0.25) is 14.5 Å². The number of aromatic nitrogens is 1. The van der Waals surface area contributed by atoms with Crippen molar-refractivity contribution >= 4 is 34.4 Å². The zero-order chi connectivity index (χ0) is 19.2. The molecule has 2 heterocycles. The monoisotopic (exact) mass is 368 g/mol. The Kier molecular flexibility index (Phi) is 4.17. The first-order valence-electron chi connectivity index (χ1n) is 9.38. The third-order valence-corrected chi connectivity index (χ3v) is 5.99. The summed E-state index contributed by atoms with van der Waals surface area (Å²) in [5, 5.41) is 3.78. The average Bonchev–Trinajstić information content (AvgIpc) is 3.13. The molecule has 1 aromatic carbocycles. The first-order chi connectivity index (χ1) is 12.9. The number of hydrogen-bond acceptors (Lipinski definition) is 3. The van der Waals surface area contributed by atoms with Gasteiger partial charge < -0.3 is 14.8 Å². The lowest BCUT2D eigenvalue weighted by atomic mass is 9.81. The van der Waals surface area contributed by atoms with Crippen molar-refractivity contribution < 1.29 is 14.4 Å². The standard InChI is InChI=1S/C20H24N4O3/c1-22-12-9-14-15(7-6-8-16(14)22)21-17(25)13-24-18(26)20(23(2)19(24)27)10-4-3-5-11-20/h6-9,12H,3-5,10-11,13H2,1-2H3,(H,21,25). The molecule has 1 aliphatic carbocycles. The molecule has 7 heteroatoms. The van der Waals surface area contributed by atoms with Crippen molar-refractivity contribution in [3.8, 4) is 0 Å². The summed E-state index contributed by atoms with van der Waals surface area (Å²) in [7, 11) is 3.61. The highest BCUT2D eigenvalue weighted by molar-refractivity contribution is 6.11. The van der Waals surface area contributed by atoms with Gasteiger partial charge in [-0.25, -0.2) is 4.79 Å². The van der Waals surface area contributed by atoms with Crippen LogP contribution in [0.4, 0.5) is 10.5 Å². The molecule has 1 N–H and O–H groups in total. The van der Waals surface area contributed by atoms with Gasteiger partial charge in [0.15, 0.2) is 0 Å². The van der Waals surface area contributed by atoms with Crippen LogP contribution in [0, 0.1) is 0 Å². The van der Waals surface area contributed by atoms with E-state index in [1.165, 1.54) is 0 Å². The summed E-state index contributed by atoms with van der Waals surface area (Å²) in [6, 6.07) is 7.22. The summed E-state index contributed by atoms with van der Waals surface area (Å²) < 4.78 is 1.97. The van der Waals surface area contributed by atoms with E-state index in [9.17, 15) is 14.4 Å². The predicted octanol–water partition coefficient (Wildman–Crippen LogP) is 2.71. The molecule has 7 nitrogen and oxygen atoms in total. The molecule has 2 aliphatic rings. The number of nitrogens with zero attached hydrogens (tertiary/aromatic N) is 3. The van der Waals surface area contributed by atoms with Gasteiger partial charge in [0.05, 0.1) is 5.69 Å². The number of aryl methyl sites for hydroxylation is 1. The number of anilines is 1. The van der Waals surface area contributed by atoms with Crippen LogP contribution in [0.2, 0.25) is 0 Å². The fourth-order valence-corrected chi connectivity index (χ4v) is 4.42. The fraction of sp³-hybridized carbons (Fsp3) is 0.450. The van der Waals surface area contributed by atoms with Gasteiger partial charge in [0.25, 0.3) is 5.91 Å². The number of carbonyl (C=O) groups is 3. The number of imide groups is 1. The molecular weight excluding hydrogens is 344 g/mol. The van der Waals surface area contributed by atoms with Gasteiger partial charge in [-0.15, -0.1) is 0 Å². The second-order valence-corrected chi connectivity index (χ2v) is 7.54. The Balaban J connectivity index is 1.52. The second-order valence-electron chi connectivity index (χ2n) is 7.54. The third-order valence-electron chi connectivity index (χ3n) is 5.99. The van der Waals surface area contributed by atoms with Gasteiger partial charge in [-0.05, 0) is 31.0 Å². The minimum absolute atomic E-state index is 0.234. The molecule has 0 bridgehead atoms. The summed E-state index contributed by atoms with van der Waals surface area (Å²) in [6.45, 7) is -0.257. The van der Waals surface area contributed by atoms with E-state index in [1.807, 2.05) is 42.1 Å². The smallest absolute Gasteiger partial charge is 0.327 e. The largest absolute Gasteiger partial charge is 0.350 e. The van der Waals surface area contributed by atoms with E-state index >= 15 is 0 Å². The lowest BCUT2D eigenvalue weighted by Crippen LogP contribution is -2.49. The number of fused-ring (bicyclic) bond motifs is 1. The van der Waals surface area contributed by atoms with Crippen LogP contribution in [-0.2, 0) is 16.6 Å². The normalized spacial score (nSPS) is 19.3. The van der Waals surface area contributed by atoms with Gasteiger partial charge in [0, 0.05) is 31.2 Å². The minimum atomic E-state index is -0.755. The van der Waals surface area contributed by atoms with Gasteiger partial charge in [-0.2, -0.15) is 0 Å². The highest BCUT2D eigenvalue weighted by Crippen LogP contribution is 2.39. The Morgan fingerprint density at radius 3 is 2.59 bits per heavy atom. The lowest BCUT2D eigenvalue weighted by molar-refractivity contribution is -0.136. The van der Waals surface area contributed by atoms with Crippen molar-refractivity contribution in [1.82, 2.24) is 14.4 Å². The molecule has 1 saturated carbocycles. The van der Waals surface area contributed by atoms with E-state index in [-0.39, 0.29) is 24.4 Å². The summed E-state index contributed by atoms with van der Waals surface area (Å²) in [6.07, 6.45) is 6.22. The molecule has 27 heavy (non-hydrogen) atoms. The Labute approximate surface area is 157 Å². The van der Waals surface area contributed by atoms with Crippen LogP contribution in [-0.4, -0.2) is 51.3 Å². The molecule has 4 amide bonds. The molecule has 1 saturated heterocycles. The van der Waals surface area contributed by atoms with Crippen LogP contribution in [0.15, 0.2) is 30.5 Å². The highest BCUT2D eigenvalue weighted by atomic mass is 16.2. The Morgan fingerprint density at radius 1 is 1.11 bits per heavy atom. The van der Waals surface area contributed by atoms with E-state index < -0.39 is 5.54 Å². The number of nitrogens with one attached hydrogen (secondary N) is 1. The van der Waals surface area contributed by atoms with Crippen LogP contribution in [0.5, 0.6) is 0 Å². The minimum Gasteiger partial charge on any atom is -0.350 e. The molecule has 4 rings (SSSR count). The van der Waals surface area contributed by atoms with E-state index in [4.69, 9.17) is 0 Å². The van der Waals surface area contributed by atoms with Crippen molar-refractivity contribution in [2.24, 2.45) is 7.05 Å². The van der Waals surface area contributed by atoms with Crippen molar-refractivity contribution in [3.63, 3.8) is 0 Å². The first-order valence-corrected chi connectivity index (χ1v) is 9.38. The molecule has 142 valence electrons. The SMILES string of the molecule is CN1C(=O)N(CC(=O)Nc2cccc3c2ccn3C)C(=O)C12CCCCC2. The fourth-order valence-electron chi connectivity index (χ4n) is 4.42. The first kappa shape index (κ1) is 17.6. The van der Waals surface area contributed by atoms with Crippen molar-refractivity contribution in [2.75, 3.05) is 18.9 Å². The topological polar surface area (TPSA) is 74.7 Å². The number of likely N-dealkylation sites (N-methyl/N-ethyl adjacent to an activating group) is 1. The molecule has 0 atom stereocenters. The second kappa shape index (κ2) is 6.40. The molecule has 2 aromatic rings. The van der Waals surface area contributed by atoms with Crippen LogP contribution in [0.1, 0.15) is 32.1 Å². The average molecular weight is 368 g/mol. The maximum atomic E-state index is 13.0. The van der Waals surface area contributed by atoms with Crippen molar-refractivity contribution in [3.05, 3.63) is 30.5 Å². The summed E-state index contributed by atoms with van der Waals surface area (Å²) in [4.78, 5) is 40.9. The summed E-state index contributed by atoms with van der Waals surface area (Å²) in [5.74, 6) is -0.600. The molecule has 1 aromatic heterocycles. The number of carbonyl (C=O) groups excluding carboxylic acids is 3. The molecule has 1 spiro atoms. The van der Waals surface area contributed by atoms with Gasteiger partial charge in [0.1, 0.15) is 12.1 Å². The lowest BCUT2D eigenvalue weighted by Gasteiger charge is -2.35. The zero-order valence-electron chi connectivity index (χ0n) is 15.7. The van der Waals surface area contributed by atoms with Crippen LogP contribution in [0.3, 0.4) is 0 Å². The van der Waals surface area contributed by atoms with E-state index in [0.717, 1.165) is 35.1 Å². The van der Waals surface area contributed by atoms with Gasteiger partial charge >= 0.3 is 6.03 Å². The highest BCUT2D eigenvalue weighted by Gasteiger charge is 2.55. The van der Waals surface area contributed by atoms with Crippen molar-refractivity contribution in [1.29, 1.82) is 0 Å². The summed E-state index contributed by atoms with van der Waals surface area (Å²) in [5.41, 5.74) is 0.926. The van der Waals surface area contributed by atoms with Crippen LogP contribution in [0.25, 0.3) is 10.9 Å². The van der Waals surface area contributed by atoms with Gasteiger partial charge in [-0.1, -0.05) is 25.3 Å². The Morgan fingerprint density at radius 2 is 1.85 bits per heavy atom. The number of benzene rings is 1. The maximum absolute atomic E-state index is 13.0. The van der Waals surface area contributed by atoms with Crippen molar-refractivity contribution in [2.45, 2.75) is 37.6 Å². The quantitative estimate of drug-likeness (QED) is 0.847. The van der Waals surface area contributed by atoms with Crippen LogP contribution < -0.4 is 5.32 Å². The van der Waals surface area contributed by atoms with E-state index in [1.54, 1.807) is 11.9 Å². The third kappa shape index (κ3) is 2.69. The molecule has 0 unspecified atom stereocenters. The predicted molar refractivity (Wildman–Crippen MR) is 102 cm³/mol. The van der Waals surface area contributed by atoms with Gasteiger partial charge in [0.2, 0.25) is 5.91 Å². The Hall–Kier alpha value is -2.83. The molecule has 0 radical (unpaired) electrons. The zero-order valence-corrected chi connectivity index (χ0v) is 15.7. The number of urea groups is 1. The van der Waals surface area contributed by atoms with Crippen LogP contribution >= 0.6 is 0 Å². The van der Waals surface area contributed by atoms with E-state index in [0.29, 0.717) is 18.5 Å². The number of rotatable bonds is 3. The Bertz CT molecular complexity index is 926. The number of hydrogen-bond donors (Lipinski definition) is 1. The summed E-state index contributed by atoms with van der Waals surface area (Å²) >= 11 is 0. The number of amides is 4. The molecular formula is C20H24N4O3.